The Kier molecular flexibility index (Phi) is 6.49. The molecular weight excluding hydrogens is 453 g/mol. The summed E-state index contributed by atoms with van der Waals surface area (Å²) in [5.74, 6) is -2.93. The van der Waals surface area contributed by atoms with Crippen LogP contribution >= 0.6 is 0 Å². The molecule has 0 radical (unpaired) electrons. The summed E-state index contributed by atoms with van der Waals surface area (Å²) in [7, 11) is 0. The van der Waals surface area contributed by atoms with Gasteiger partial charge < -0.3 is 20.5 Å². The van der Waals surface area contributed by atoms with Crippen LogP contribution in [0.1, 0.15) is 36.3 Å². The highest BCUT2D eigenvalue weighted by Gasteiger charge is 2.47. The Morgan fingerprint density at radius 2 is 1.56 bits per heavy atom. The number of benzene rings is 2. The molecule has 1 unspecified atom stereocenters. The fourth-order valence-electron chi connectivity index (χ4n) is 4.61. The van der Waals surface area contributed by atoms with E-state index in [0.717, 1.165) is 22.3 Å². The van der Waals surface area contributed by atoms with Gasteiger partial charge in [-0.15, -0.1) is 0 Å². The van der Waals surface area contributed by atoms with Crippen LogP contribution in [0.25, 0.3) is 11.1 Å². The van der Waals surface area contributed by atoms with E-state index in [9.17, 15) is 27.6 Å². The van der Waals surface area contributed by atoms with Gasteiger partial charge in [0.25, 0.3) is 5.91 Å². The maximum Gasteiger partial charge on any atom is 0.417 e. The fraction of sp³-hybridized carbons (Fsp3) is 0.375. The van der Waals surface area contributed by atoms with Crippen molar-refractivity contribution in [2.45, 2.75) is 43.4 Å². The first-order chi connectivity index (χ1) is 16.1. The highest BCUT2D eigenvalue weighted by molar-refractivity contribution is 5.87. The lowest BCUT2D eigenvalue weighted by Gasteiger charge is -2.36. The number of hydrogen-bond acceptors (Lipinski definition) is 4. The molecule has 2 amide bonds. The lowest BCUT2D eigenvalue weighted by atomic mass is 9.78. The van der Waals surface area contributed by atoms with Gasteiger partial charge >= 0.3 is 18.2 Å². The van der Waals surface area contributed by atoms with Gasteiger partial charge in [-0.25, -0.2) is 4.79 Å². The van der Waals surface area contributed by atoms with Crippen LogP contribution in [0.2, 0.25) is 0 Å². The normalized spacial score (nSPS) is 19.9. The van der Waals surface area contributed by atoms with Crippen molar-refractivity contribution in [3.63, 3.8) is 0 Å². The summed E-state index contributed by atoms with van der Waals surface area (Å²) in [5.41, 5.74) is 3.76. The van der Waals surface area contributed by atoms with Crippen molar-refractivity contribution in [1.82, 2.24) is 10.6 Å². The third-order valence-corrected chi connectivity index (χ3v) is 6.24. The maximum absolute atomic E-state index is 13.5. The standard InChI is InChI=1S/C24H23F3N2O5/c25-24(26,27)21(22(32)28-14-9-13(10-14)11-20(30)31)29-23(33)34-12-19-17-7-3-1-5-15(17)16-6-2-4-8-18(16)19/h1-8,13-14,19,21H,9-12H2,(H,28,32)(H,29,33)(H,30,31). The minimum absolute atomic E-state index is 0.104. The molecule has 1 fully saturated rings. The van der Waals surface area contributed by atoms with Gasteiger partial charge in [-0.3, -0.25) is 9.59 Å². The van der Waals surface area contributed by atoms with Gasteiger partial charge in [0.2, 0.25) is 6.04 Å². The van der Waals surface area contributed by atoms with Crippen molar-refractivity contribution in [2.75, 3.05) is 6.61 Å². The first-order valence-electron chi connectivity index (χ1n) is 10.8. The number of fused-ring (bicyclic) bond motifs is 3. The Labute approximate surface area is 193 Å². The average Bonchev–Trinajstić information content (AvgIpc) is 3.07. The molecule has 1 saturated carbocycles. The quantitative estimate of drug-likeness (QED) is 0.564. The van der Waals surface area contributed by atoms with E-state index in [0.29, 0.717) is 0 Å². The predicted octanol–water partition coefficient (Wildman–Crippen LogP) is 3.83. The lowest BCUT2D eigenvalue weighted by Crippen LogP contribution is -2.58. The Hall–Kier alpha value is -3.56. The van der Waals surface area contributed by atoms with Crippen molar-refractivity contribution in [3.8, 4) is 11.1 Å². The molecule has 34 heavy (non-hydrogen) atoms. The van der Waals surface area contributed by atoms with Crippen molar-refractivity contribution in [1.29, 1.82) is 0 Å². The number of ether oxygens (including phenoxy) is 1. The molecule has 2 aromatic rings. The van der Waals surface area contributed by atoms with E-state index in [2.05, 4.69) is 5.32 Å². The zero-order valence-electron chi connectivity index (χ0n) is 18.0. The summed E-state index contributed by atoms with van der Waals surface area (Å²) in [5, 5.41) is 12.6. The Morgan fingerprint density at radius 3 is 2.09 bits per heavy atom. The second-order valence-corrected chi connectivity index (χ2v) is 8.59. The smallest absolute Gasteiger partial charge is 0.417 e. The van der Waals surface area contributed by atoms with E-state index in [1.54, 1.807) is 5.32 Å². The number of carbonyl (C=O) groups excluding carboxylic acids is 2. The summed E-state index contributed by atoms with van der Waals surface area (Å²) in [4.78, 5) is 35.2. The van der Waals surface area contributed by atoms with Crippen LogP contribution < -0.4 is 10.6 Å². The van der Waals surface area contributed by atoms with Crippen LogP contribution in [0, 0.1) is 5.92 Å². The Bertz CT molecular complexity index is 1050. The van der Waals surface area contributed by atoms with Gasteiger partial charge in [0.05, 0.1) is 0 Å². The summed E-state index contributed by atoms with van der Waals surface area (Å²) in [6.45, 7) is -0.189. The third-order valence-electron chi connectivity index (χ3n) is 6.24. The largest absolute Gasteiger partial charge is 0.481 e. The van der Waals surface area contributed by atoms with Crippen LogP contribution in [0.3, 0.4) is 0 Å². The van der Waals surface area contributed by atoms with E-state index in [4.69, 9.17) is 9.84 Å². The van der Waals surface area contributed by atoms with Gasteiger partial charge in [-0.2, -0.15) is 13.2 Å². The summed E-state index contributed by atoms with van der Waals surface area (Å²) < 4.78 is 45.6. The van der Waals surface area contributed by atoms with Crippen molar-refractivity contribution in [2.24, 2.45) is 5.92 Å². The first-order valence-corrected chi connectivity index (χ1v) is 10.8. The summed E-state index contributed by atoms with van der Waals surface area (Å²) in [6, 6.07) is 11.7. The zero-order chi connectivity index (χ0) is 24.5. The molecule has 3 N–H and O–H groups in total. The second kappa shape index (κ2) is 9.36. The minimum atomic E-state index is -5.03. The van der Waals surface area contributed by atoms with E-state index < -0.39 is 36.2 Å². The molecule has 0 heterocycles. The van der Waals surface area contributed by atoms with Crippen molar-refractivity contribution >= 4 is 18.0 Å². The van der Waals surface area contributed by atoms with Crippen LogP contribution in [0.15, 0.2) is 48.5 Å². The molecule has 0 aromatic heterocycles. The van der Waals surface area contributed by atoms with Crippen LogP contribution in [0.5, 0.6) is 0 Å². The molecular formula is C24H23F3N2O5. The molecule has 0 saturated heterocycles. The highest BCUT2D eigenvalue weighted by Crippen LogP contribution is 2.44. The number of rotatable bonds is 7. The number of alkyl halides is 3. The molecule has 0 spiro atoms. The number of aliphatic carboxylic acids is 1. The lowest BCUT2D eigenvalue weighted by molar-refractivity contribution is -0.168. The number of carboxylic acid groups (broad SMARTS) is 1. The SMILES string of the molecule is O=C(O)CC1CC(NC(=O)C(NC(=O)OCC2c3ccccc3-c3ccccc32)C(F)(F)F)C1. The zero-order valence-corrected chi connectivity index (χ0v) is 18.0. The number of halogens is 3. The van der Waals surface area contributed by atoms with E-state index >= 15 is 0 Å². The first kappa shape index (κ1) is 23.6. The minimum Gasteiger partial charge on any atom is -0.481 e. The molecule has 0 aliphatic heterocycles. The maximum atomic E-state index is 13.5. The Morgan fingerprint density at radius 1 is 1.00 bits per heavy atom. The van der Waals surface area contributed by atoms with Crippen LogP contribution in [0.4, 0.5) is 18.0 Å². The fourth-order valence-corrected chi connectivity index (χ4v) is 4.61. The third kappa shape index (κ3) is 5.00. The number of hydrogen-bond donors (Lipinski definition) is 3. The van der Waals surface area contributed by atoms with Gasteiger partial charge in [-0.05, 0) is 41.0 Å². The molecule has 4 rings (SSSR count). The van der Waals surface area contributed by atoms with E-state index in [1.165, 1.54) is 0 Å². The predicted molar refractivity (Wildman–Crippen MR) is 115 cm³/mol. The highest BCUT2D eigenvalue weighted by atomic mass is 19.4. The van der Waals surface area contributed by atoms with E-state index in [-0.39, 0.29) is 37.7 Å². The van der Waals surface area contributed by atoms with Crippen molar-refractivity contribution < 1.29 is 37.4 Å². The van der Waals surface area contributed by atoms with Crippen molar-refractivity contribution in [3.05, 3.63) is 59.7 Å². The molecule has 2 aromatic carbocycles. The molecule has 7 nitrogen and oxygen atoms in total. The molecule has 2 aliphatic rings. The molecule has 180 valence electrons. The van der Waals surface area contributed by atoms with Gasteiger partial charge in [0, 0.05) is 18.4 Å². The van der Waals surface area contributed by atoms with Crippen LogP contribution in [-0.4, -0.2) is 47.9 Å². The molecule has 0 bridgehead atoms. The Balaban J connectivity index is 1.36. The molecule has 10 heteroatoms. The number of nitrogens with one attached hydrogen (secondary N) is 2. The van der Waals surface area contributed by atoms with Gasteiger partial charge in [0.15, 0.2) is 0 Å². The summed E-state index contributed by atoms with van der Waals surface area (Å²) in [6.07, 6.45) is -5.94. The number of carboxylic acids is 1. The average molecular weight is 476 g/mol. The molecule has 1 atom stereocenters. The molecule has 2 aliphatic carbocycles. The second-order valence-electron chi connectivity index (χ2n) is 8.59. The summed E-state index contributed by atoms with van der Waals surface area (Å²) >= 11 is 0. The topological polar surface area (TPSA) is 105 Å². The number of amides is 2. The van der Waals surface area contributed by atoms with E-state index in [1.807, 2.05) is 48.5 Å². The van der Waals surface area contributed by atoms with Gasteiger partial charge in [-0.1, -0.05) is 48.5 Å². The monoisotopic (exact) mass is 476 g/mol. The van der Waals surface area contributed by atoms with Gasteiger partial charge in [0.1, 0.15) is 6.61 Å². The number of carbonyl (C=O) groups is 3. The van der Waals surface area contributed by atoms with Crippen LogP contribution in [-0.2, 0) is 14.3 Å². The number of alkyl carbamates (subject to hydrolysis) is 1.